The molecule has 1 fully saturated rings. The van der Waals surface area contributed by atoms with E-state index < -0.39 is 11.7 Å². The van der Waals surface area contributed by atoms with Gasteiger partial charge in [-0.3, -0.25) is 4.98 Å². The quantitative estimate of drug-likeness (QED) is 0.494. The Kier molecular flexibility index (Phi) is 5.72. The number of piperidine rings is 1. The summed E-state index contributed by atoms with van der Waals surface area (Å²) >= 11 is 0. The third-order valence-electron chi connectivity index (χ3n) is 5.68. The zero-order valence-electron chi connectivity index (χ0n) is 19.6. The molecule has 34 heavy (non-hydrogen) atoms. The molecule has 0 bridgehead atoms. The van der Waals surface area contributed by atoms with Gasteiger partial charge in [-0.15, -0.1) is 5.10 Å². The summed E-state index contributed by atoms with van der Waals surface area (Å²) in [5.74, 6) is 0.745. The number of alkyl carbamates (subject to hydrolysis) is 1. The van der Waals surface area contributed by atoms with Crippen LogP contribution < -0.4 is 10.2 Å². The molecule has 4 aromatic rings. The lowest BCUT2D eigenvalue weighted by atomic mass is 10.1. The molecular weight excluding hydrogens is 432 g/mol. The van der Waals surface area contributed by atoms with E-state index in [9.17, 15) is 4.79 Å². The number of nitrogens with zero attached hydrogens (tertiary/aromatic N) is 7. The first kappa shape index (κ1) is 22.0. The van der Waals surface area contributed by atoms with Crippen LogP contribution in [0.15, 0.2) is 42.7 Å². The molecule has 3 aromatic heterocycles. The number of hydrogen-bond donors (Lipinski definition) is 1. The molecular formula is C24H28N8O2. The SMILES string of the molecule is CC(C)(C)OC(=O)N[C@H]1CCCN(c2cnc3nnn(Cc4ccc5ncccc5c4)c3n2)C1. The van der Waals surface area contributed by atoms with Gasteiger partial charge in [0.1, 0.15) is 11.4 Å². The van der Waals surface area contributed by atoms with Crippen LogP contribution in [0.1, 0.15) is 39.2 Å². The van der Waals surface area contributed by atoms with Gasteiger partial charge in [0.2, 0.25) is 5.65 Å². The van der Waals surface area contributed by atoms with Crippen molar-refractivity contribution in [3.63, 3.8) is 0 Å². The summed E-state index contributed by atoms with van der Waals surface area (Å²) < 4.78 is 7.18. The number of amides is 1. The summed E-state index contributed by atoms with van der Waals surface area (Å²) in [6, 6.07) is 10.1. The van der Waals surface area contributed by atoms with Crippen LogP contribution in [0.3, 0.4) is 0 Å². The first-order valence-corrected chi connectivity index (χ1v) is 11.5. The molecule has 1 amide bonds. The van der Waals surface area contributed by atoms with Gasteiger partial charge in [-0.05, 0) is 57.4 Å². The van der Waals surface area contributed by atoms with Gasteiger partial charge in [0, 0.05) is 30.7 Å². The van der Waals surface area contributed by atoms with Gasteiger partial charge in [-0.2, -0.15) is 0 Å². The number of hydrogen-bond acceptors (Lipinski definition) is 8. The van der Waals surface area contributed by atoms with E-state index in [1.54, 1.807) is 17.1 Å². The summed E-state index contributed by atoms with van der Waals surface area (Å²) in [4.78, 5) is 28.0. The Hall–Kier alpha value is -3.82. The first-order valence-electron chi connectivity index (χ1n) is 11.5. The van der Waals surface area contributed by atoms with Gasteiger partial charge < -0.3 is 15.0 Å². The number of aromatic nitrogens is 6. The van der Waals surface area contributed by atoms with Crippen LogP contribution >= 0.6 is 0 Å². The predicted molar refractivity (Wildman–Crippen MR) is 129 cm³/mol. The maximum atomic E-state index is 12.2. The van der Waals surface area contributed by atoms with Crippen molar-refractivity contribution in [3.8, 4) is 0 Å². The van der Waals surface area contributed by atoms with E-state index in [0.717, 1.165) is 41.7 Å². The van der Waals surface area contributed by atoms with E-state index in [-0.39, 0.29) is 6.04 Å². The second-order valence-electron chi connectivity index (χ2n) is 9.58. The molecule has 1 N–H and O–H groups in total. The number of fused-ring (bicyclic) bond motifs is 2. The fraction of sp³-hybridized carbons (Fsp3) is 0.417. The molecule has 176 valence electrons. The van der Waals surface area contributed by atoms with Gasteiger partial charge in [0.15, 0.2) is 5.65 Å². The van der Waals surface area contributed by atoms with Crippen LogP contribution in [0.4, 0.5) is 10.6 Å². The Bertz CT molecular complexity index is 1330. The minimum atomic E-state index is -0.526. The molecule has 10 heteroatoms. The van der Waals surface area contributed by atoms with E-state index in [4.69, 9.17) is 9.72 Å². The molecule has 1 aliphatic rings. The summed E-state index contributed by atoms with van der Waals surface area (Å²) in [6.07, 6.45) is 4.94. The van der Waals surface area contributed by atoms with E-state index in [1.165, 1.54) is 0 Å². The largest absolute Gasteiger partial charge is 0.444 e. The number of carbonyl (C=O) groups excluding carboxylic acids is 1. The van der Waals surface area contributed by atoms with Crippen molar-refractivity contribution in [1.82, 2.24) is 35.3 Å². The minimum absolute atomic E-state index is 0.0182. The van der Waals surface area contributed by atoms with E-state index >= 15 is 0 Å². The predicted octanol–water partition coefficient (Wildman–Crippen LogP) is 3.31. The van der Waals surface area contributed by atoms with Crippen LogP contribution in [-0.2, 0) is 11.3 Å². The maximum Gasteiger partial charge on any atom is 0.407 e. The zero-order chi connectivity index (χ0) is 23.7. The van der Waals surface area contributed by atoms with Crippen molar-refractivity contribution in [1.29, 1.82) is 0 Å². The molecule has 0 radical (unpaired) electrons. The lowest BCUT2D eigenvalue weighted by Gasteiger charge is -2.34. The molecule has 0 unspecified atom stereocenters. The molecule has 1 saturated heterocycles. The standard InChI is InChI=1S/C24H28N8O2/c1-24(2,3)34-23(33)27-18-7-5-11-31(15-18)20-13-26-21-22(28-20)32(30-29-21)14-16-8-9-19-17(12-16)6-4-10-25-19/h4,6,8-10,12-13,18H,5,7,11,14-15H2,1-3H3,(H,27,33)/t18-/m0/s1. The molecule has 1 aliphatic heterocycles. The van der Waals surface area contributed by atoms with Crippen molar-refractivity contribution in [2.45, 2.75) is 51.8 Å². The lowest BCUT2D eigenvalue weighted by molar-refractivity contribution is 0.0500. The summed E-state index contributed by atoms with van der Waals surface area (Å²) in [6.45, 7) is 7.58. The van der Waals surface area contributed by atoms with Crippen molar-refractivity contribution >= 4 is 34.1 Å². The van der Waals surface area contributed by atoms with Crippen LogP contribution in [0.2, 0.25) is 0 Å². The molecule has 0 aliphatic carbocycles. The highest BCUT2D eigenvalue weighted by Gasteiger charge is 2.25. The first-order chi connectivity index (χ1) is 16.3. The average molecular weight is 461 g/mol. The molecule has 10 nitrogen and oxygen atoms in total. The van der Waals surface area contributed by atoms with Crippen molar-refractivity contribution in [2.24, 2.45) is 0 Å². The average Bonchev–Trinajstić information content (AvgIpc) is 3.20. The van der Waals surface area contributed by atoms with Crippen molar-refractivity contribution in [3.05, 3.63) is 48.3 Å². The fourth-order valence-corrected chi connectivity index (χ4v) is 4.18. The molecule has 1 atom stereocenters. The Balaban J connectivity index is 1.33. The number of benzene rings is 1. The minimum Gasteiger partial charge on any atom is -0.444 e. The summed E-state index contributed by atoms with van der Waals surface area (Å²) in [5.41, 5.74) is 2.65. The molecule has 4 heterocycles. The summed E-state index contributed by atoms with van der Waals surface area (Å²) in [7, 11) is 0. The molecule has 0 spiro atoms. The van der Waals surface area contributed by atoms with E-state index in [0.29, 0.717) is 24.4 Å². The molecule has 1 aromatic carbocycles. The highest BCUT2D eigenvalue weighted by atomic mass is 16.6. The second-order valence-corrected chi connectivity index (χ2v) is 9.58. The van der Waals surface area contributed by atoms with Gasteiger partial charge in [-0.1, -0.05) is 17.3 Å². The number of ether oxygens (including phenoxy) is 1. The van der Waals surface area contributed by atoms with Gasteiger partial charge >= 0.3 is 6.09 Å². The third kappa shape index (κ3) is 4.90. The maximum absolute atomic E-state index is 12.2. The topological polar surface area (TPSA) is 111 Å². The lowest BCUT2D eigenvalue weighted by Crippen LogP contribution is -2.49. The van der Waals surface area contributed by atoms with E-state index in [1.807, 2.05) is 45.0 Å². The van der Waals surface area contributed by atoms with Crippen LogP contribution in [-0.4, -0.2) is 60.8 Å². The molecule has 0 saturated carbocycles. The third-order valence-corrected chi connectivity index (χ3v) is 5.68. The number of carbonyl (C=O) groups is 1. The Morgan fingerprint density at radius 1 is 1.24 bits per heavy atom. The van der Waals surface area contributed by atoms with Crippen LogP contribution in [0.25, 0.3) is 22.2 Å². The van der Waals surface area contributed by atoms with Gasteiger partial charge in [0.05, 0.1) is 18.3 Å². The zero-order valence-corrected chi connectivity index (χ0v) is 19.6. The van der Waals surface area contributed by atoms with Crippen molar-refractivity contribution in [2.75, 3.05) is 18.0 Å². The van der Waals surface area contributed by atoms with E-state index in [2.05, 4.69) is 36.6 Å². The fourth-order valence-electron chi connectivity index (χ4n) is 4.18. The highest BCUT2D eigenvalue weighted by molar-refractivity contribution is 5.79. The Morgan fingerprint density at radius 3 is 2.97 bits per heavy atom. The highest BCUT2D eigenvalue weighted by Crippen LogP contribution is 2.21. The monoisotopic (exact) mass is 460 g/mol. The molecule has 5 rings (SSSR count). The number of anilines is 1. The van der Waals surface area contributed by atoms with Crippen LogP contribution in [0, 0.1) is 0 Å². The Morgan fingerprint density at radius 2 is 2.12 bits per heavy atom. The smallest absolute Gasteiger partial charge is 0.407 e. The normalized spacial score (nSPS) is 16.7. The second kappa shape index (κ2) is 8.85. The van der Waals surface area contributed by atoms with Crippen LogP contribution in [0.5, 0.6) is 0 Å². The van der Waals surface area contributed by atoms with Gasteiger partial charge in [-0.25, -0.2) is 19.4 Å². The van der Waals surface area contributed by atoms with Crippen molar-refractivity contribution < 1.29 is 9.53 Å². The summed E-state index contributed by atoms with van der Waals surface area (Å²) in [5, 5.41) is 12.5. The number of rotatable bonds is 4. The van der Waals surface area contributed by atoms with Gasteiger partial charge in [0.25, 0.3) is 0 Å². The number of pyridine rings is 1. The number of nitrogens with one attached hydrogen (secondary N) is 1. The Labute approximate surface area is 197 Å².